The van der Waals surface area contributed by atoms with E-state index in [1.54, 1.807) is 6.92 Å². The molecule has 0 aromatic heterocycles. The summed E-state index contributed by atoms with van der Waals surface area (Å²) in [5, 5.41) is 9.10. The van der Waals surface area contributed by atoms with E-state index in [1.807, 2.05) is 30.3 Å². The molecule has 0 unspecified atom stereocenters. The van der Waals surface area contributed by atoms with Crippen LogP contribution in [0.2, 0.25) is 0 Å². The minimum atomic E-state index is -0.601. The van der Waals surface area contributed by atoms with Gasteiger partial charge >= 0.3 is 0 Å². The lowest BCUT2D eigenvalue weighted by Crippen LogP contribution is -2.17. The highest BCUT2D eigenvalue weighted by atomic mass is 16.5. The topological polar surface area (TPSA) is 50.1 Å². The van der Waals surface area contributed by atoms with Crippen molar-refractivity contribution < 1.29 is 9.53 Å². The maximum Gasteiger partial charge on any atom is 0.195 e. The van der Waals surface area contributed by atoms with Crippen LogP contribution < -0.4 is 0 Å². The van der Waals surface area contributed by atoms with Gasteiger partial charge in [-0.15, -0.1) is 0 Å². The van der Waals surface area contributed by atoms with Gasteiger partial charge in [-0.3, -0.25) is 4.79 Å². The lowest BCUT2D eigenvalue weighted by atomic mass is 9.86. The van der Waals surface area contributed by atoms with Crippen molar-refractivity contribution in [1.82, 2.24) is 0 Å². The van der Waals surface area contributed by atoms with E-state index in [0.717, 1.165) is 5.56 Å². The molecule has 3 heteroatoms. The molecule has 0 bridgehead atoms. The van der Waals surface area contributed by atoms with E-state index in [4.69, 9.17) is 10.00 Å². The number of Topliss-reactive ketones (excluding diaryl/α,β-unsaturated/α-hetero) is 1. The van der Waals surface area contributed by atoms with Gasteiger partial charge in [0.25, 0.3) is 0 Å². The first-order chi connectivity index (χ1) is 8.15. The Labute approximate surface area is 100 Å². The van der Waals surface area contributed by atoms with E-state index in [9.17, 15) is 4.79 Å². The molecule has 0 radical (unpaired) electrons. The summed E-state index contributed by atoms with van der Waals surface area (Å²) < 4.78 is 5.45. The van der Waals surface area contributed by atoms with Crippen LogP contribution in [0.3, 0.4) is 0 Å². The van der Waals surface area contributed by atoms with Gasteiger partial charge in [0, 0.05) is 5.57 Å². The number of ketones is 1. The Morgan fingerprint density at radius 2 is 2.00 bits per heavy atom. The van der Waals surface area contributed by atoms with Gasteiger partial charge in [0.15, 0.2) is 11.9 Å². The normalized spacial score (nSPS) is 23.1. The van der Waals surface area contributed by atoms with Crippen molar-refractivity contribution in [2.45, 2.75) is 25.9 Å². The summed E-state index contributed by atoms with van der Waals surface area (Å²) in [4.78, 5) is 11.7. The number of hydrogen-bond acceptors (Lipinski definition) is 3. The largest absolute Gasteiger partial charge is 0.479 e. The zero-order chi connectivity index (χ0) is 12.4. The third-order valence-electron chi connectivity index (χ3n) is 2.96. The number of ether oxygens (including phenoxy) is 1. The zero-order valence-electron chi connectivity index (χ0n) is 9.81. The molecule has 0 aliphatic carbocycles. The summed E-state index contributed by atoms with van der Waals surface area (Å²) in [6, 6.07) is 11.6. The number of benzene rings is 1. The van der Waals surface area contributed by atoms with Crippen molar-refractivity contribution in [2.75, 3.05) is 0 Å². The third-order valence-corrected chi connectivity index (χ3v) is 2.96. The van der Waals surface area contributed by atoms with Crippen LogP contribution in [-0.2, 0) is 9.53 Å². The van der Waals surface area contributed by atoms with E-state index in [1.165, 1.54) is 6.92 Å². The molecule has 2 rings (SSSR count). The van der Waals surface area contributed by atoms with Gasteiger partial charge in [0.05, 0.1) is 5.92 Å². The van der Waals surface area contributed by atoms with Gasteiger partial charge in [-0.25, -0.2) is 0 Å². The first kappa shape index (κ1) is 11.4. The number of hydrogen-bond donors (Lipinski definition) is 0. The minimum Gasteiger partial charge on any atom is -0.479 e. The summed E-state index contributed by atoms with van der Waals surface area (Å²) in [5.41, 5.74) is 1.56. The Kier molecular flexibility index (Phi) is 2.97. The fourth-order valence-electron chi connectivity index (χ4n) is 2.26. The summed E-state index contributed by atoms with van der Waals surface area (Å²) in [6.45, 7) is 3.25. The molecule has 1 aliphatic rings. The van der Waals surface area contributed by atoms with Crippen LogP contribution in [0.5, 0.6) is 0 Å². The first-order valence-corrected chi connectivity index (χ1v) is 5.48. The van der Waals surface area contributed by atoms with Crippen molar-refractivity contribution >= 4 is 5.78 Å². The average Bonchev–Trinajstić information content (AvgIpc) is 2.67. The predicted molar refractivity (Wildman–Crippen MR) is 63.1 cm³/mol. The second kappa shape index (κ2) is 4.42. The predicted octanol–water partition coefficient (Wildman–Crippen LogP) is 2.56. The molecule has 0 N–H and O–H groups in total. The second-order valence-electron chi connectivity index (χ2n) is 4.08. The van der Waals surface area contributed by atoms with Crippen molar-refractivity contribution in [3.05, 3.63) is 47.2 Å². The maximum absolute atomic E-state index is 11.7. The fourth-order valence-corrected chi connectivity index (χ4v) is 2.26. The van der Waals surface area contributed by atoms with E-state index < -0.39 is 6.10 Å². The Hall–Kier alpha value is -2.08. The highest BCUT2D eigenvalue weighted by molar-refractivity contribution is 5.96. The molecule has 0 saturated heterocycles. The molecular weight excluding hydrogens is 214 g/mol. The molecule has 1 aliphatic heterocycles. The molecule has 1 aromatic carbocycles. The Morgan fingerprint density at radius 3 is 2.53 bits per heavy atom. The van der Waals surface area contributed by atoms with Gasteiger partial charge in [-0.2, -0.15) is 5.26 Å². The van der Waals surface area contributed by atoms with Crippen LogP contribution in [-0.4, -0.2) is 11.9 Å². The summed E-state index contributed by atoms with van der Waals surface area (Å²) >= 11 is 0. The first-order valence-electron chi connectivity index (χ1n) is 5.48. The molecule has 86 valence electrons. The van der Waals surface area contributed by atoms with Gasteiger partial charge in [-0.05, 0) is 19.4 Å². The molecule has 17 heavy (non-hydrogen) atoms. The molecule has 0 spiro atoms. The van der Waals surface area contributed by atoms with Gasteiger partial charge < -0.3 is 4.74 Å². The SMILES string of the molecule is CC(=O)C1=C(C)O[C@@H](C#N)[C@@H]1c1ccccc1. The summed E-state index contributed by atoms with van der Waals surface area (Å²) in [6.07, 6.45) is -0.601. The maximum atomic E-state index is 11.7. The number of carbonyl (C=O) groups is 1. The molecular formula is C14H13NO2. The zero-order valence-corrected chi connectivity index (χ0v) is 9.81. The van der Waals surface area contributed by atoms with Crippen LogP contribution in [0.1, 0.15) is 25.3 Å². The van der Waals surface area contributed by atoms with Crippen LogP contribution >= 0.6 is 0 Å². The molecule has 0 amide bonds. The van der Waals surface area contributed by atoms with Crippen LogP contribution in [0, 0.1) is 11.3 Å². The number of nitriles is 1. The lowest BCUT2D eigenvalue weighted by Gasteiger charge is -2.14. The van der Waals surface area contributed by atoms with Crippen molar-refractivity contribution in [2.24, 2.45) is 0 Å². The quantitative estimate of drug-likeness (QED) is 0.780. The summed E-state index contributed by atoms with van der Waals surface area (Å²) in [5.74, 6) is 0.269. The number of carbonyl (C=O) groups excluding carboxylic acids is 1. The van der Waals surface area contributed by atoms with Gasteiger partial charge in [0.2, 0.25) is 0 Å². The lowest BCUT2D eigenvalue weighted by molar-refractivity contribution is -0.113. The third kappa shape index (κ3) is 1.94. The second-order valence-corrected chi connectivity index (χ2v) is 4.08. The van der Waals surface area contributed by atoms with E-state index in [2.05, 4.69) is 6.07 Å². The van der Waals surface area contributed by atoms with Crippen LogP contribution in [0.25, 0.3) is 0 Å². The van der Waals surface area contributed by atoms with Crippen LogP contribution in [0.4, 0.5) is 0 Å². The average molecular weight is 227 g/mol. The number of allylic oxidation sites excluding steroid dienone is 1. The van der Waals surface area contributed by atoms with Crippen LogP contribution in [0.15, 0.2) is 41.7 Å². The monoisotopic (exact) mass is 227 g/mol. The Balaban J connectivity index is 2.49. The molecule has 0 fully saturated rings. The highest BCUT2D eigenvalue weighted by Crippen LogP contribution is 2.38. The van der Waals surface area contributed by atoms with Gasteiger partial charge in [-0.1, -0.05) is 30.3 Å². The van der Waals surface area contributed by atoms with E-state index in [-0.39, 0.29) is 11.7 Å². The smallest absolute Gasteiger partial charge is 0.195 e. The molecule has 2 atom stereocenters. The van der Waals surface area contributed by atoms with E-state index in [0.29, 0.717) is 11.3 Å². The Morgan fingerprint density at radius 1 is 1.35 bits per heavy atom. The van der Waals surface area contributed by atoms with E-state index >= 15 is 0 Å². The molecule has 0 saturated carbocycles. The van der Waals surface area contributed by atoms with Crippen molar-refractivity contribution in [3.8, 4) is 6.07 Å². The molecule has 1 aromatic rings. The molecule has 1 heterocycles. The number of rotatable bonds is 2. The van der Waals surface area contributed by atoms with Gasteiger partial charge in [0.1, 0.15) is 11.8 Å². The fraction of sp³-hybridized carbons (Fsp3) is 0.286. The minimum absolute atomic E-state index is 0.0332. The summed E-state index contributed by atoms with van der Waals surface area (Å²) in [7, 11) is 0. The Bertz CT molecular complexity index is 511. The number of nitrogens with zero attached hydrogens (tertiary/aromatic N) is 1. The standard InChI is InChI=1S/C14H13NO2/c1-9(16)13-10(2)17-12(8-15)14(13)11-6-4-3-5-7-11/h3-7,12,14H,1-2H3/t12-,14-/m0/s1. The van der Waals surface area contributed by atoms with Crippen molar-refractivity contribution in [1.29, 1.82) is 5.26 Å². The molecule has 3 nitrogen and oxygen atoms in total. The highest BCUT2D eigenvalue weighted by Gasteiger charge is 2.38. The van der Waals surface area contributed by atoms with Crippen molar-refractivity contribution in [3.63, 3.8) is 0 Å².